The fourth-order valence-electron chi connectivity index (χ4n) is 1.88. The Labute approximate surface area is 136 Å². The van der Waals surface area contributed by atoms with Crippen LogP contribution in [0, 0.1) is 0 Å². The van der Waals surface area contributed by atoms with Crippen LogP contribution in [-0.4, -0.2) is 42.5 Å². The molecule has 1 heterocycles. The SMILES string of the molecule is CN1C(NC(=O)Nc2ccc(Cl)c(Cl)c2)NCC(F)C1Cl. The van der Waals surface area contributed by atoms with E-state index in [0.29, 0.717) is 15.7 Å². The fraction of sp³-hybridized carbons (Fsp3) is 0.417. The molecule has 116 valence electrons. The van der Waals surface area contributed by atoms with Crippen LogP contribution < -0.4 is 16.0 Å². The number of alkyl halides is 2. The Kier molecular flexibility index (Phi) is 5.51. The molecule has 0 bridgehead atoms. The molecule has 1 saturated heterocycles. The molecular weight excluding hydrogens is 342 g/mol. The second-order valence-corrected chi connectivity index (χ2v) is 5.85. The van der Waals surface area contributed by atoms with Crippen molar-refractivity contribution in [2.24, 2.45) is 0 Å². The van der Waals surface area contributed by atoms with Gasteiger partial charge in [-0.15, -0.1) is 11.6 Å². The van der Waals surface area contributed by atoms with E-state index in [9.17, 15) is 9.18 Å². The highest BCUT2D eigenvalue weighted by atomic mass is 35.5. The maximum Gasteiger partial charge on any atom is 0.321 e. The molecular formula is C12H14Cl3FN4O. The Morgan fingerprint density at radius 1 is 1.43 bits per heavy atom. The Morgan fingerprint density at radius 3 is 2.81 bits per heavy atom. The first-order valence-electron chi connectivity index (χ1n) is 6.14. The number of anilines is 1. The van der Waals surface area contributed by atoms with Crippen LogP contribution in [0.3, 0.4) is 0 Å². The number of nitrogens with one attached hydrogen (secondary N) is 3. The summed E-state index contributed by atoms with van der Waals surface area (Å²) in [5.74, 6) is 0. The lowest BCUT2D eigenvalue weighted by Crippen LogP contribution is -2.65. The second kappa shape index (κ2) is 6.98. The third-order valence-electron chi connectivity index (χ3n) is 3.05. The molecule has 2 amide bonds. The summed E-state index contributed by atoms with van der Waals surface area (Å²) in [7, 11) is 1.61. The molecule has 3 atom stereocenters. The number of carbonyl (C=O) groups excluding carboxylic acids is 1. The van der Waals surface area contributed by atoms with Gasteiger partial charge < -0.3 is 10.6 Å². The number of benzene rings is 1. The van der Waals surface area contributed by atoms with E-state index in [-0.39, 0.29) is 6.54 Å². The summed E-state index contributed by atoms with van der Waals surface area (Å²) in [6, 6.07) is 4.25. The molecule has 1 aromatic carbocycles. The van der Waals surface area contributed by atoms with Gasteiger partial charge in [-0.05, 0) is 25.2 Å². The number of rotatable bonds is 2. The van der Waals surface area contributed by atoms with Crippen LogP contribution in [0.1, 0.15) is 0 Å². The third-order valence-corrected chi connectivity index (χ3v) is 4.37. The molecule has 0 spiro atoms. The summed E-state index contributed by atoms with van der Waals surface area (Å²) >= 11 is 17.6. The van der Waals surface area contributed by atoms with Gasteiger partial charge in [0.05, 0.1) is 10.0 Å². The predicted molar refractivity (Wildman–Crippen MR) is 82.7 cm³/mol. The lowest BCUT2D eigenvalue weighted by molar-refractivity contribution is 0.0637. The normalized spacial score (nSPS) is 26.4. The van der Waals surface area contributed by atoms with Crippen molar-refractivity contribution in [2.45, 2.75) is 18.0 Å². The summed E-state index contributed by atoms with van der Waals surface area (Å²) in [5, 5.41) is 8.82. The van der Waals surface area contributed by atoms with Crippen LogP contribution >= 0.6 is 34.8 Å². The topological polar surface area (TPSA) is 56.4 Å². The van der Waals surface area contributed by atoms with Crippen LogP contribution in [0.4, 0.5) is 14.9 Å². The van der Waals surface area contributed by atoms with Gasteiger partial charge in [-0.25, -0.2) is 9.18 Å². The van der Waals surface area contributed by atoms with E-state index in [0.717, 1.165) is 0 Å². The largest absolute Gasteiger partial charge is 0.321 e. The number of hydrogen-bond donors (Lipinski definition) is 3. The van der Waals surface area contributed by atoms with Gasteiger partial charge in [0, 0.05) is 12.2 Å². The number of nitrogens with zero attached hydrogens (tertiary/aromatic N) is 1. The van der Waals surface area contributed by atoms with E-state index < -0.39 is 24.0 Å². The highest BCUT2D eigenvalue weighted by Gasteiger charge is 2.34. The molecule has 1 fully saturated rings. The zero-order valence-corrected chi connectivity index (χ0v) is 13.3. The Bertz CT molecular complexity index is 533. The van der Waals surface area contributed by atoms with Crippen LogP contribution in [-0.2, 0) is 0 Å². The van der Waals surface area contributed by atoms with E-state index in [1.807, 2.05) is 0 Å². The van der Waals surface area contributed by atoms with E-state index >= 15 is 0 Å². The lowest BCUT2D eigenvalue weighted by Gasteiger charge is -2.39. The first-order chi connectivity index (χ1) is 9.88. The van der Waals surface area contributed by atoms with Crippen molar-refractivity contribution in [3.63, 3.8) is 0 Å². The molecule has 0 aliphatic carbocycles. The summed E-state index contributed by atoms with van der Waals surface area (Å²) in [4.78, 5) is 13.4. The quantitative estimate of drug-likeness (QED) is 0.565. The van der Waals surface area contributed by atoms with Gasteiger partial charge in [0.1, 0.15) is 18.0 Å². The minimum Gasteiger partial charge on any atom is -0.309 e. The molecule has 21 heavy (non-hydrogen) atoms. The second-order valence-electron chi connectivity index (χ2n) is 4.59. The lowest BCUT2D eigenvalue weighted by atomic mass is 10.3. The van der Waals surface area contributed by atoms with E-state index in [1.165, 1.54) is 11.0 Å². The third kappa shape index (κ3) is 4.11. The van der Waals surface area contributed by atoms with E-state index in [2.05, 4.69) is 16.0 Å². The smallest absolute Gasteiger partial charge is 0.309 e. The van der Waals surface area contributed by atoms with Gasteiger partial charge in [0.25, 0.3) is 0 Å². The standard InChI is InChI=1S/C12H14Cl3FN4O/c1-20-10(15)9(16)5-17-11(20)19-12(21)18-6-2-3-7(13)8(14)4-6/h2-4,9-11,17H,5H2,1H3,(H2,18,19,21). The molecule has 0 radical (unpaired) electrons. The van der Waals surface area contributed by atoms with Crippen molar-refractivity contribution in [3.8, 4) is 0 Å². The van der Waals surface area contributed by atoms with E-state index in [1.54, 1.807) is 19.2 Å². The van der Waals surface area contributed by atoms with Gasteiger partial charge in [0.15, 0.2) is 0 Å². The summed E-state index contributed by atoms with van der Waals surface area (Å²) in [5.41, 5.74) is -0.312. The van der Waals surface area contributed by atoms with Crippen LogP contribution in [0.25, 0.3) is 0 Å². The molecule has 1 aliphatic rings. The molecule has 1 aliphatic heterocycles. The van der Waals surface area contributed by atoms with Crippen molar-refractivity contribution in [1.29, 1.82) is 0 Å². The first-order valence-corrected chi connectivity index (χ1v) is 7.34. The molecule has 1 aromatic rings. The molecule has 3 unspecified atom stereocenters. The van der Waals surface area contributed by atoms with Crippen LogP contribution in [0.2, 0.25) is 10.0 Å². The van der Waals surface area contributed by atoms with Gasteiger partial charge >= 0.3 is 6.03 Å². The fourth-order valence-corrected chi connectivity index (χ4v) is 2.38. The number of carbonyl (C=O) groups is 1. The van der Waals surface area contributed by atoms with Gasteiger partial charge in [-0.3, -0.25) is 10.2 Å². The van der Waals surface area contributed by atoms with Crippen molar-refractivity contribution < 1.29 is 9.18 Å². The molecule has 5 nitrogen and oxygen atoms in total. The minimum atomic E-state index is -1.20. The molecule has 0 saturated carbocycles. The van der Waals surface area contributed by atoms with E-state index in [4.69, 9.17) is 34.8 Å². The Hall–Kier alpha value is -0.790. The van der Waals surface area contributed by atoms with Crippen LogP contribution in [0.5, 0.6) is 0 Å². The average molecular weight is 356 g/mol. The summed E-state index contributed by atoms with van der Waals surface area (Å²) in [6.45, 7) is 0.0657. The maximum absolute atomic E-state index is 13.4. The summed E-state index contributed by atoms with van der Waals surface area (Å²) in [6.07, 6.45) is -1.77. The monoisotopic (exact) mass is 354 g/mol. The number of amides is 2. The Morgan fingerprint density at radius 2 is 2.14 bits per heavy atom. The molecule has 0 aromatic heterocycles. The predicted octanol–water partition coefficient (Wildman–Crippen LogP) is 2.84. The van der Waals surface area contributed by atoms with Crippen molar-refractivity contribution in [3.05, 3.63) is 28.2 Å². The highest BCUT2D eigenvalue weighted by Crippen LogP contribution is 2.25. The number of urea groups is 1. The zero-order chi connectivity index (χ0) is 15.6. The number of hydrogen-bond acceptors (Lipinski definition) is 3. The average Bonchev–Trinajstić information content (AvgIpc) is 2.44. The first kappa shape index (κ1) is 16.6. The van der Waals surface area contributed by atoms with Crippen molar-refractivity contribution >= 4 is 46.5 Å². The molecule has 2 rings (SSSR count). The van der Waals surface area contributed by atoms with Crippen molar-refractivity contribution in [2.75, 3.05) is 18.9 Å². The highest BCUT2D eigenvalue weighted by molar-refractivity contribution is 6.42. The van der Waals surface area contributed by atoms with Crippen molar-refractivity contribution in [1.82, 2.24) is 15.5 Å². The minimum absolute atomic E-state index is 0.0657. The van der Waals surface area contributed by atoms with Gasteiger partial charge in [-0.2, -0.15) is 0 Å². The number of halogens is 4. The molecule has 3 N–H and O–H groups in total. The molecule has 9 heteroatoms. The maximum atomic E-state index is 13.4. The van der Waals surface area contributed by atoms with Crippen LogP contribution in [0.15, 0.2) is 18.2 Å². The van der Waals surface area contributed by atoms with Gasteiger partial charge in [0.2, 0.25) is 0 Å². The zero-order valence-electron chi connectivity index (χ0n) is 11.0. The Balaban J connectivity index is 1.94. The summed E-state index contributed by atoms with van der Waals surface area (Å²) < 4.78 is 13.4. The van der Waals surface area contributed by atoms with Gasteiger partial charge in [-0.1, -0.05) is 23.2 Å².